The van der Waals surface area contributed by atoms with Crippen molar-refractivity contribution >= 4 is 5.91 Å². The fourth-order valence-corrected chi connectivity index (χ4v) is 2.90. The van der Waals surface area contributed by atoms with Crippen LogP contribution in [0.5, 0.6) is 0 Å². The van der Waals surface area contributed by atoms with Crippen molar-refractivity contribution < 1.29 is 4.79 Å². The largest absolute Gasteiger partial charge is 0.336 e. The third kappa shape index (κ3) is 3.99. The van der Waals surface area contributed by atoms with Crippen LogP contribution in [0.15, 0.2) is 60.7 Å². The first-order valence-corrected chi connectivity index (χ1v) is 9.07. The summed E-state index contributed by atoms with van der Waals surface area (Å²) in [4.78, 5) is 19.2. The van der Waals surface area contributed by atoms with E-state index < -0.39 is 0 Å². The molecular weight excluding hydrogens is 324 g/mol. The van der Waals surface area contributed by atoms with Gasteiger partial charge in [-0.25, -0.2) is 9.67 Å². The third-order valence-corrected chi connectivity index (χ3v) is 4.37. The summed E-state index contributed by atoms with van der Waals surface area (Å²) in [5, 5.41) is 4.63. The van der Waals surface area contributed by atoms with Gasteiger partial charge in [0.1, 0.15) is 0 Å². The molecule has 0 saturated heterocycles. The highest BCUT2D eigenvalue weighted by atomic mass is 16.2. The average molecular weight is 348 g/mol. The molecule has 26 heavy (non-hydrogen) atoms. The number of rotatable bonds is 7. The van der Waals surface area contributed by atoms with E-state index in [4.69, 9.17) is 0 Å². The molecule has 0 N–H and O–H groups in total. The lowest BCUT2D eigenvalue weighted by atomic mass is 10.1. The zero-order valence-electron chi connectivity index (χ0n) is 15.3. The molecule has 0 saturated carbocycles. The van der Waals surface area contributed by atoms with E-state index in [0.717, 1.165) is 12.1 Å². The molecule has 0 atom stereocenters. The van der Waals surface area contributed by atoms with Crippen molar-refractivity contribution in [2.24, 2.45) is 0 Å². The first-order chi connectivity index (χ1) is 12.7. The summed E-state index contributed by atoms with van der Waals surface area (Å²) >= 11 is 0. The van der Waals surface area contributed by atoms with Gasteiger partial charge >= 0.3 is 0 Å². The van der Waals surface area contributed by atoms with Gasteiger partial charge in [0.2, 0.25) is 5.82 Å². The summed E-state index contributed by atoms with van der Waals surface area (Å²) in [5.74, 6) is 0.980. The number of hydrogen-bond donors (Lipinski definition) is 0. The van der Waals surface area contributed by atoms with Crippen LogP contribution in [0.1, 0.15) is 35.9 Å². The van der Waals surface area contributed by atoms with Crippen LogP contribution in [-0.4, -0.2) is 38.7 Å². The molecule has 5 heteroatoms. The van der Waals surface area contributed by atoms with Crippen molar-refractivity contribution in [1.82, 2.24) is 19.7 Å². The predicted octanol–water partition coefficient (Wildman–Crippen LogP) is 3.53. The fraction of sp³-hybridized carbons (Fsp3) is 0.286. The maximum absolute atomic E-state index is 12.9. The molecule has 0 fully saturated rings. The van der Waals surface area contributed by atoms with E-state index >= 15 is 0 Å². The second-order valence-corrected chi connectivity index (χ2v) is 6.06. The van der Waals surface area contributed by atoms with Crippen LogP contribution in [0.4, 0.5) is 0 Å². The van der Waals surface area contributed by atoms with Gasteiger partial charge in [0.15, 0.2) is 5.82 Å². The number of benzene rings is 2. The quantitative estimate of drug-likeness (QED) is 0.656. The number of hydrogen-bond acceptors (Lipinski definition) is 3. The van der Waals surface area contributed by atoms with Crippen LogP contribution in [0.3, 0.4) is 0 Å². The molecule has 3 rings (SSSR count). The Hall–Kier alpha value is -2.95. The second-order valence-electron chi connectivity index (χ2n) is 6.06. The number of carbonyl (C=O) groups excluding carboxylic acids is 1. The maximum Gasteiger partial charge on any atom is 0.291 e. The molecule has 1 heterocycles. The summed E-state index contributed by atoms with van der Waals surface area (Å²) < 4.78 is 1.67. The van der Waals surface area contributed by atoms with Crippen molar-refractivity contribution in [3.63, 3.8) is 0 Å². The molecule has 0 aliphatic heterocycles. The van der Waals surface area contributed by atoms with Crippen LogP contribution in [0.25, 0.3) is 5.69 Å². The van der Waals surface area contributed by atoms with Crippen LogP contribution in [-0.2, 0) is 12.8 Å². The molecule has 5 nitrogen and oxygen atoms in total. The van der Waals surface area contributed by atoms with Gasteiger partial charge < -0.3 is 4.90 Å². The Morgan fingerprint density at radius 2 is 1.54 bits per heavy atom. The Morgan fingerprint density at radius 1 is 0.923 bits per heavy atom. The minimum absolute atomic E-state index is 0.0858. The highest BCUT2D eigenvalue weighted by molar-refractivity contribution is 5.91. The van der Waals surface area contributed by atoms with Crippen LogP contribution in [0.2, 0.25) is 0 Å². The molecular formula is C21H24N4O. The van der Waals surface area contributed by atoms with Crippen LogP contribution < -0.4 is 0 Å². The molecule has 0 aliphatic rings. The van der Waals surface area contributed by atoms with Gasteiger partial charge in [-0.05, 0) is 38.0 Å². The predicted molar refractivity (Wildman–Crippen MR) is 102 cm³/mol. The molecule has 0 radical (unpaired) electrons. The smallest absolute Gasteiger partial charge is 0.291 e. The van der Waals surface area contributed by atoms with Crippen molar-refractivity contribution in [3.05, 3.63) is 77.9 Å². The topological polar surface area (TPSA) is 51.0 Å². The Bertz CT molecular complexity index is 839. The molecule has 0 aliphatic carbocycles. The molecule has 1 amide bonds. The Labute approximate surface area is 154 Å². The number of amides is 1. The second kappa shape index (κ2) is 8.43. The summed E-state index contributed by atoms with van der Waals surface area (Å²) in [6.07, 6.45) is 1.54. The van der Waals surface area contributed by atoms with Crippen molar-refractivity contribution in [1.29, 1.82) is 0 Å². The molecule has 0 spiro atoms. The number of nitrogens with zero attached hydrogens (tertiary/aromatic N) is 4. The maximum atomic E-state index is 12.9. The average Bonchev–Trinajstić information content (AvgIpc) is 3.13. The first kappa shape index (κ1) is 17.9. The highest BCUT2D eigenvalue weighted by Gasteiger charge is 2.22. The Morgan fingerprint density at radius 3 is 2.15 bits per heavy atom. The lowest BCUT2D eigenvalue weighted by Gasteiger charge is -2.18. The van der Waals surface area contributed by atoms with Crippen molar-refractivity contribution in [2.75, 3.05) is 13.1 Å². The SMILES string of the molecule is CCN(CC)C(=O)c1nc(CCc2ccccc2)nn1-c1ccccc1. The molecule has 3 aromatic rings. The van der Waals surface area contributed by atoms with Crippen molar-refractivity contribution in [3.8, 4) is 5.69 Å². The van der Waals surface area contributed by atoms with Gasteiger partial charge in [-0.2, -0.15) is 5.10 Å². The van der Waals surface area contributed by atoms with E-state index in [2.05, 4.69) is 22.2 Å². The lowest BCUT2D eigenvalue weighted by Crippen LogP contribution is -2.32. The molecule has 1 aromatic heterocycles. The zero-order valence-corrected chi connectivity index (χ0v) is 15.3. The molecule has 0 unspecified atom stereocenters. The highest BCUT2D eigenvalue weighted by Crippen LogP contribution is 2.13. The number of aromatic nitrogens is 3. The molecule has 0 bridgehead atoms. The van der Waals surface area contributed by atoms with Gasteiger partial charge in [0.05, 0.1) is 5.69 Å². The molecule has 2 aromatic carbocycles. The van der Waals surface area contributed by atoms with Crippen LogP contribution >= 0.6 is 0 Å². The molecule has 134 valence electrons. The van der Waals surface area contributed by atoms with E-state index in [1.807, 2.05) is 62.4 Å². The number of aryl methyl sites for hydroxylation is 2. The third-order valence-electron chi connectivity index (χ3n) is 4.37. The summed E-state index contributed by atoms with van der Waals surface area (Å²) in [5.41, 5.74) is 2.08. The number of carbonyl (C=O) groups is 1. The minimum atomic E-state index is -0.0858. The Kier molecular flexibility index (Phi) is 5.79. The number of para-hydroxylation sites is 1. The van der Waals surface area contributed by atoms with Crippen LogP contribution in [0, 0.1) is 0 Å². The van der Waals surface area contributed by atoms with E-state index in [9.17, 15) is 4.79 Å². The monoisotopic (exact) mass is 348 g/mol. The van der Waals surface area contributed by atoms with Gasteiger partial charge in [-0.15, -0.1) is 0 Å². The van der Waals surface area contributed by atoms with Crippen molar-refractivity contribution in [2.45, 2.75) is 26.7 Å². The van der Waals surface area contributed by atoms with E-state index in [1.54, 1.807) is 9.58 Å². The minimum Gasteiger partial charge on any atom is -0.336 e. The summed E-state index contributed by atoms with van der Waals surface area (Å²) in [7, 11) is 0. The van der Waals surface area contributed by atoms with Gasteiger partial charge in [0.25, 0.3) is 5.91 Å². The van der Waals surface area contributed by atoms with E-state index in [0.29, 0.717) is 31.2 Å². The fourth-order valence-electron chi connectivity index (χ4n) is 2.90. The van der Waals surface area contributed by atoms with Gasteiger partial charge in [0, 0.05) is 19.5 Å². The normalized spacial score (nSPS) is 10.7. The van der Waals surface area contributed by atoms with E-state index in [-0.39, 0.29) is 5.91 Å². The van der Waals surface area contributed by atoms with Gasteiger partial charge in [-0.3, -0.25) is 4.79 Å². The van der Waals surface area contributed by atoms with Gasteiger partial charge in [-0.1, -0.05) is 48.5 Å². The summed E-state index contributed by atoms with van der Waals surface area (Å²) in [6, 6.07) is 19.9. The zero-order chi connectivity index (χ0) is 18.4. The lowest BCUT2D eigenvalue weighted by molar-refractivity contribution is 0.0757. The summed E-state index contributed by atoms with van der Waals surface area (Å²) in [6.45, 7) is 5.24. The standard InChI is InChI=1S/C21H24N4O/c1-3-24(4-2)21(26)20-22-19(16-15-17-11-7-5-8-12-17)23-25(20)18-13-9-6-10-14-18/h5-14H,3-4,15-16H2,1-2H3. The van der Waals surface area contributed by atoms with E-state index in [1.165, 1.54) is 5.56 Å². The first-order valence-electron chi connectivity index (χ1n) is 9.07. The Balaban J connectivity index is 1.91.